The second-order valence-electron chi connectivity index (χ2n) is 16.4. The first-order valence-electron chi connectivity index (χ1n) is 21.3. The van der Waals surface area contributed by atoms with E-state index in [0.717, 1.165) is 62.2 Å². The number of carbonyl (C=O) groups is 2. The number of aromatic nitrogens is 4. The van der Waals surface area contributed by atoms with Crippen LogP contribution in [-0.2, 0) is 11.2 Å². The number of carboxylic acids is 1. The molecule has 10 heteroatoms. The molecule has 5 aromatic carbocycles. The molecule has 316 valence electrons. The highest BCUT2D eigenvalue weighted by Gasteiger charge is 2.30. The molecule has 0 saturated carbocycles. The van der Waals surface area contributed by atoms with Crippen LogP contribution < -0.4 is 5.32 Å². The first-order valence-corrected chi connectivity index (χ1v) is 22.4. The largest absolute Gasteiger partial charge is 0.507 e. The van der Waals surface area contributed by atoms with E-state index < -0.39 is 17.9 Å². The molecule has 1 aliphatic rings. The fourth-order valence-electron chi connectivity index (χ4n) is 9.29. The molecular weight excluding hydrogens is 908 g/mol. The SMILES string of the molecule is O=C(N[C@@H](Cc1ccc(O)c([125I])c1)C(=O)O)c1ccc(C2c3ccc([nH]3)C(c3ccccc3)c3ccc([nH]3)C(c3ccccc3)c3ccc([nH]3)C(c3ccccc3)c3ccc2[nH]3)cc1. The summed E-state index contributed by atoms with van der Waals surface area (Å²) in [5.41, 5.74) is 13.7. The average Bonchev–Trinajstić information content (AvgIpc) is 4.17. The third kappa shape index (κ3) is 8.08. The van der Waals surface area contributed by atoms with Crippen molar-refractivity contribution in [2.45, 2.75) is 36.1 Å². The number of nitrogens with one attached hydrogen (secondary N) is 5. The Labute approximate surface area is 383 Å². The van der Waals surface area contributed by atoms with E-state index in [1.54, 1.807) is 24.3 Å². The third-order valence-electron chi connectivity index (χ3n) is 12.4. The van der Waals surface area contributed by atoms with Crippen molar-refractivity contribution in [2.24, 2.45) is 0 Å². The van der Waals surface area contributed by atoms with Crippen LogP contribution in [0.3, 0.4) is 0 Å². The zero-order chi connectivity index (χ0) is 43.7. The van der Waals surface area contributed by atoms with Gasteiger partial charge in [-0.25, -0.2) is 4.79 Å². The standard InChI is InChI=1S/C54H44IN5O4/c55-38-30-32(16-29-48(38)61)31-47(54(63)64)60-53(62)37-19-17-36(18-20-37)52-45-27-25-43(58-45)50(34-12-6-2-7-13-34)41-23-21-39(56-41)49(33-10-4-1-5-11-33)40-22-24-42(57-40)51(35-14-8-3-9-15-35)44-26-28-46(52)59-44/h1-30,47,49-52,56-59,61H,31H2,(H,60,62)(H,63,64)/t47-,49?,50?,51?,52?/m0/s1/i55-2. The maximum Gasteiger partial charge on any atom is 0.326 e. The van der Waals surface area contributed by atoms with Gasteiger partial charge in [-0.1, -0.05) is 109 Å². The van der Waals surface area contributed by atoms with Crippen LogP contribution in [0.15, 0.2) is 182 Å². The predicted molar refractivity (Wildman–Crippen MR) is 256 cm³/mol. The second kappa shape index (κ2) is 17.5. The van der Waals surface area contributed by atoms with Crippen molar-refractivity contribution in [3.63, 3.8) is 0 Å². The molecule has 0 fully saturated rings. The molecule has 0 spiro atoms. The van der Waals surface area contributed by atoms with Gasteiger partial charge in [-0.2, -0.15) is 0 Å². The van der Waals surface area contributed by atoms with Gasteiger partial charge in [0.05, 0.1) is 27.2 Å². The van der Waals surface area contributed by atoms with Crippen molar-refractivity contribution in [1.29, 1.82) is 0 Å². The minimum absolute atomic E-state index is 0.0665. The van der Waals surface area contributed by atoms with Gasteiger partial charge in [0.2, 0.25) is 0 Å². The first-order chi connectivity index (χ1) is 31.3. The zero-order valence-electron chi connectivity index (χ0n) is 34.5. The summed E-state index contributed by atoms with van der Waals surface area (Å²) >= 11 is 2.00. The number of aromatic hydroxyl groups is 1. The molecule has 1 amide bonds. The Bertz CT molecular complexity index is 2940. The summed E-state index contributed by atoms with van der Waals surface area (Å²) in [4.78, 5) is 41.5. The number of amides is 1. The molecule has 0 saturated heterocycles. The molecule has 5 heterocycles. The lowest BCUT2D eigenvalue weighted by Crippen LogP contribution is -2.42. The summed E-state index contributed by atoms with van der Waals surface area (Å²) in [7, 11) is 0. The molecule has 10 rings (SSSR count). The number of halogens is 1. The predicted octanol–water partition coefficient (Wildman–Crippen LogP) is 10.8. The van der Waals surface area contributed by atoms with Crippen molar-refractivity contribution in [1.82, 2.24) is 25.3 Å². The second-order valence-corrected chi connectivity index (χ2v) is 17.6. The Kier molecular flexibility index (Phi) is 11.1. The van der Waals surface area contributed by atoms with Crippen molar-refractivity contribution in [3.8, 4) is 5.75 Å². The van der Waals surface area contributed by atoms with E-state index in [1.165, 1.54) is 11.6 Å². The maximum absolute atomic E-state index is 13.6. The highest BCUT2D eigenvalue weighted by molar-refractivity contribution is 14.1. The van der Waals surface area contributed by atoms with Crippen LogP contribution in [0.25, 0.3) is 0 Å². The fourth-order valence-corrected chi connectivity index (χ4v) is 9.87. The Morgan fingerprint density at radius 2 is 0.828 bits per heavy atom. The summed E-state index contributed by atoms with van der Waals surface area (Å²) in [5, 5.41) is 22.7. The lowest BCUT2D eigenvalue weighted by Gasteiger charge is -2.21. The lowest BCUT2D eigenvalue weighted by atomic mass is 9.92. The van der Waals surface area contributed by atoms with Gasteiger partial charge in [0, 0.05) is 57.5 Å². The van der Waals surface area contributed by atoms with Crippen molar-refractivity contribution >= 4 is 34.5 Å². The van der Waals surface area contributed by atoms with E-state index in [9.17, 15) is 19.8 Å². The van der Waals surface area contributed by atoms with Crippen LogP contribution in [0, 0.1) is 3.57 Å². The van der Waals surface area contributed by atoms with Gasteiger partial charge >= 0.3 is 5.97 Å². The van der Waals surface area contributed by atoms with Crippen LogP contribution >= 0.6 is 22.6 Å². The number of fused-ring (bicyclic) bond motifs is 8. The first kappa shape index (κ1) is 40.7. The Balaban J connectivity index is 1.07. The number of carbonyl (C=O) groups excluding carboxylic acids is 1. The number of phenols is 1. The average molecular weight is 952 g/mol. The van der Waals surface area contributed by atoms with E-state index in [1.807, 2.05) is 46.9 Å². The normalized spacial score (nSPS) is 17.4. The van der Waals surface area contributed by atoms with Gasteiger partial charge in [-0.05, 0) is 123 Å². The Morgan fingerprint density at radius 1 is 0.484 bits per heavy atom. The number of phenolic OH excluding ortho intramolecular Hbond substituents is 1. The monoisotopic (exact) mass is 951 g/mol. The fraction of sp³-hybridized carbons (Fsp3) is 0.111. The van der Waals surface area contributed by atoms with Crippen LogP contribution in [0.1, 0.15) is 107 Å². The van der Waals surface area contributed by atoms with Gasteiger partial charge in [0.25, 0.3) is 5.91 Å². The molecule has 9 nitrogen and oxygen atoms in total. The van der Waals surface area contributed by atoms with Crippen LogP contribution in [-0.4, -0.2) is 48.1 Å². The molecule has 2 unspecified atom stereocenters. The highest BCUT2D eigenvalue weighted by Crippen LogP contribution is 2.41. The number of hydrogen-bond acceptors (Lipinski definition) is 3. The number of benzene rings is 5. The minimum Gasteiger partial charge on any atom is -0.507 e. The van der Waals surface area contributed by atoms with Crippen molar-refractivity contribution in [2.75, 3.05) is 0 Å². The molecule has 64 heavy (non-hydrogen) atoms. The number of H-pyrrole nitrogens is 4. The van der Waals surface area contributed by atoms with Crippen molar-refractivity contribution < 1.29 is 19.8 Å². The quantitative estimate of drug-likeness (QED) is 0.0721. The van der Waals surface area contributed by atoms with Crippen molar-refractivity contribution in [3.05, 3.63) is 264 Å². The minimum atomic E-state index is -1.17. The van der Waals surface area contributed by atoms with E-state index in [2.05, 4.69) is 153 Å². The van der Waals surface area contributed by atoms with Gasteiger partial charge in [0.1, 0.15) is 11.8 Å². The topological polar surface area (TPSA) is 150 Å². The van der Waals surface area contributed by atoms with Gasteiger partial charge < -0.3 is 35.5 Å². The van der Waals surface area contributed by atoms with E-state index in [-0.39, 0.29) is 35.8 Å². The molecule has 4 aromatic heterocycles. The molecule has 0 aliphatic carbocycles. The van der Waals surface area contributed by atoms with E-state index in [0.29, 0.717) is 14.7 Å². The number of aliphatic carboxylic acids is 1. The summed E-state index contributed by atoms with van der Waals surface area (Å²) in [6.45, 7) is 0. The van der Waals surface area contributed by atoms with Crippen LogP contribution in [0.5, 0.6) is 5.75 Å². The maximum atomic E-state index is 13.6. The number of hydrogen-bond donors (Lipinski definition) is 7. The number of carboxylic acid groups (broad SMARTS) is 1. The molecule has 3 atom stereocenters. The molecular formula is C54H44IN5O4. The smallest absolute Gasteiger partial charge is 0.326 e. The molecule has 8 bridgehead atoms. The summed E-state index contributed by atoms with van der Waals surface area (Å²) in [6, 6.07) is 60.3. The third-order valence-corrected chi connectivity index (χ3v) is 13.2. The van der Waals surface area contributed by atoms with E-state index >= 15 is 0 Å². The number of rotatable bonds is 9. The Morgan fingerprint density at radius 3 is 1.16 bits per heavy atom. The van der Waals surface area contributed by atoms with Gasteiger partial charge in [0.15, 0.2) is 0 Å². The molecule has 7 N–H and O–H groups in total. The van der Waals surface area contributed by atoms with E-state index in [4.69, 9.17) is 0 Å². The van der Waals surface area contributed by atoms with Crippen LogP contribution in [0.4, 0.5) is 0 Å². The summed E-state index contributed by atoms with van der Waals surface area (Å²) in [6.07, 6.45) is 0.0665. The summed E-state index contributed by atoms with van der Waals surface area (Å²) in [5.74, 6) is -2.14. The van der Waals surface area contributed by atoms with Crippen LogP contribution in [0.2, 0.25) is 0 Å². The van der Waals surface area contributed by atoms with Gasteiger partial charge in [-0.15, -0.1) is 0 Å². The molecule has 1 aliphatic heterocycles. The highest BCUT2D eigenvalue weighted by atomic mass is 125. The number of aromatic amines is 4. The molecule has 0 radical (unpaired) electrons. The van der Waals surface area contributed by atoms with Gasteiger partial charge in [-0.3, -0.25) is 4.79 Å². The zero-order valence-corrected chi connectivity index (χ0v) is 36.7. The Hall–Kier alpha value is -7.31. The summed E-state index contributed by atoms with van der Waals surface area (Å²) < 4.78 is 0.605. The molecule has 9 aromatic rings. The lowest BCUT2D eigenvalue weighted by molar-refractivity contribution is -0.139.